The molecule has 0 radical (unpaired) electrons. The molecule has 2 bridgehead atoms. The largest absolute Gasteiger partial charge is 0.467 e. The fourth-order valence-electron chi connectivity index (χ4n) is 4.06. The number of fused-ring (bicyclic) bond motifs is 2. The van der Waals surface area contributed by atoms with Crippen LogP contribution in [0.1, 0.15) is 43.3 Å². The minimum absolute atomic E-state index is 0.0642. The molecule has 20 heavy (non-hydrogen) atoms. The van der Waals surface area contributed by atoms with Crippen molar-refractivity contribution in [2.45, 2.75) is 37.8 Å². The van der Waals surface area contributed by atoms with Crippen molar-refractivity contribution in [1.29, 1.82) is 0 Å². The number of hydrogen-bond acceptors (Lipinski definition) is 3. The van der Waals surface area contributed by atoms with Crippen molar-refractivity contribution in [2.24, 2.45) is 18.9 Å². The second kappa shape index (κ2) is 4.77. The lowest BCUT2D eigenvalue weighted by atomic mass is 9.94. The number of aromatic nitrogens is 2. The van der Waals surface area contributed by atoms with Crippen molar-refractivity contribution in [2.75, 3.05) is 0 Å². The molecule has 0 amide bonds. The lowest BCUT2D eigenvalue weighted by molar-refractivity contribution is 0.309. The van der Waals surface area contributed by atoms with Crippen molar-refractivity contribution in [1.82, 2.24) is 14.9 Å². The molecule has 2 aromatic heterocycles. The smallest absolute Gasteiger partial charge is 0.133 e. The summed E-state index contributed by atoms with van der Waals surface area (Å²) in [5.74, 6) is 3.78. The van der Waals surface area contributed by atoms with E-state index in [1.807, 2.05) is 31.6 Å². The number of nitrogens with zero attached hydrogens (tertiary/aromatic N) is 2. The zero-order chi connectivity index (χ0) is 13.5. The zero-order valence-corrected chi connectivity index (χ0v) is 11.8. The van der Waals surface area contributed by atoms with E-state index in [0.717, 1.165) is 23.4 Å². The predicted octanol–water partition coefficient (Wildman–Crippen LogP) is 2.88. The van der Waals surface area contributed by atoms with Crippen LogP contribution in [0.2, 0.25) is 0 Å². The standard InChI is InChI=1S/C16H21N3O/c1-19-7-6-17-16(19)15(14-3-2-8-20-14)18-13-10-11-4-5-12(13)9-11/h2-3,6-8,11-13,15,18H,4-5,9-10H2,1H3. The maximum atomic E-state index is 5.65. The van der Waals surface area contributed by atoms with Gasteiger partial charge in [0.25, 0.3) is 0 Å². The van der Waals surface area contributed by atoms with Gasteiger partial charge < -0.3 is 8.98 Å². The Morgan fingerprint density at radius 2 is 2.35 bits per heavy atom. The number of aryl methyl sites for hydroxylation is 1. The Morgan fingerprint density at radius 3 is 2.95 bits per heavy atom. The number of furan rings is 1. The summed E-state index contributed by atoms with van der Waals surface area (Å²) >= 11 is 0. The van der Waals surface area contributed by atoms with E-state index in [1.165, 1.54) is 25.7 Å². The summed E-state index contributed by atoms with van der Waals surface area (Å²) in [6.07, 6.45) is 11.1. The van der Waals surface area contributed by atoms with Crippen LogP contribution in [-0.4, -0.2) is 15.6 Å². The van der Waals surface area contributed by atoms with Crippen molar-refractivity contribution in [3.63, 3.8) is 0 Å². The molecular formula is C16H21N3O. The summed E-state index contributed by atoms with van der Waals surface area (Å²) in [5.41, 5.74) is 0. The molecule has 2 aliphatic rings. The van der Waals surface area contributed by atoms with Crippen molar-refractivity contribution >= 4 is 0 Å². The Morgan fingerprint density at radius 1 is 1.40 bits per heavy atom. The second-order valence-electron chi connectivity index (χ2n) is 6.29. The van der Waals surface area contributed by atoms with E-state index in [1.54, 1.807) is 6.26 Å². The summed E-state index contributed by atoms with van der Waals surface area (Å²) < 4.78 is 7.73. The first kappa shape index (κ1) is 12.2. The third-order valence-corrected chi connectivity index (χ3v) is 5.06. The van der Waals surface area contributed by atoms with Crippen LogP contribution in [-0.2, 0) is 7.05 Å². The SMILES string of the molecule is Cn1ccnc1C(NC1CC2CCC1C2)c1ccco1. The minimum atomic E-state index is 0.0642. The molecule has 4 rings (SSSR count). The number of imidazole rings is 1. The van der Waals surface area contributed by atoms with Crippen molar-refractivity contribution in [3.05, 3.63) is 42.4 Å². The van der Waals surface area contributed by atoms with E-state index in [4.69, 9.17) is 4.42 Å². The van der Waals surface area contributed by atoms with Crippen LogP contribution in [0, 0.1) is 11.8 Å². The van der Waals surface area contributed by atoms with Crippen molar-refractivity contribution in [3.8, 4) is 0 Å². The van der Waals surface area contributed by atoms with Gasteiger partial charge in [-0.15, -0.1) is 0 Å². The van der Waals surface area contributed by atoms with Gasteiger partial charge in [0.2, 0.25) is 0 Å². The summed E-state index contributed by atoms with van der Waals surface area (Å²) in [7, 11) is 2.04. The van der Waals surface area contributed by atoms with E-state index in [9.17, 15) is 0 Å². The van der Waals surface area contributed by atoms with E-state index >= 15 is 0 Å². The van der Waals surface area contributed by atoms with Crippen LogP contribution >= 0.6 is 0 Å². The first-order chi connectivity index (χ1) is 9.81. The van der Waals surface area contributed by atoms with Gasteiger partial charge in [0.05, 0.1) is 6.26 Å². The molecule has 2 heterocycles. The Balaban J connectivity index is 1.61. The predicted molar refractivity (Wildman–Crippen MR) is 76.1 cm³/mol. The molecule has 0 aliphatic heterocycles. The topological polar surface area (TPSA) is 43.0 Å². The molecular weight excluding hydrogens is 250 g/mol. The molecule has 4 atom stereocenters. The molecule has 4 heteroatoms. The quantitative estimate of drug-likeness (QED) is 0.930. The first-order valence-corrected chi connectivity index (χ1v) is 7.58. The maximum absolute atomic E-state index is 5.65. The Kier molecular flexibility index (Phi) is 2.91. The summed E-state index contributed by atoms with van der Waals surface area (Å²) in [6.45, 7) is 0. The molecule has 106 valence electrons. The maximum Gasteiger partial charge on any atom is 0.133 e. The van der Waals surface area contributed by atoms with Crippen LogP contribution in [0.3, 0.4) is 0 Å². The minimum Gasteiger partial charge on any atom is -0.467 e. The van der Waals surface area contributed by atoms with Crippen molar-refractivity contribution < 1.29 is 4.42 Å². The highest BCUT2D eigenvalue weighted by Crippen LogP contribution is 2.45. The second-order valence-corrected chi connectivity index (χ2v) is 6.29. The summed E-state index contributed by atoms with van der Waals surface area (Å²) in [6, 6.07) is 4.67. The molecule has 4 nitrogen and oxygen atoms in total. The van der Waals surface area contributed by atoms with Gasteiger partial charge in [-0.05, 0) is 43.2 Å². The van der Waals surface area contributed by atoms with Gasteiger partial charge in [0.15, 0.2) is 0 Å². The highest BCUT2D eigenvalue weighted by Gasteiger charge is 2.41. The third-order valence-electron chi connectivity index (χ3n) is 5.06. The monoisotopic (exact) mass is 271 g/mol. The molecule has 0 saturated heterocycles. The Labute approximate surface area is 119 Å². The molecule has 4 unspecified atom stereocenters. The average molecular weight is 271 g/mol. The molecule has 2 saturated carbocycles. The fourth-order valence-corrected chi connectivity index (χ4v) is 4.06. The van der Waals surface area contributed by atoms with E-state index in [2.05, 4.69) is 14.9 Å². The number of rotatable bonds is 4. The lowest BCUT2D eigenvalue weighted by Crippen LogP contribution is -2.38. The van der Waals surface area contributed by atoms with Gasteiger partial charge in [-0.3, -0.25) is 5.32 Å². The van der Waals surface area contributed by atoms with Crippen LogP contribution in [0.15, 0.2) is 35.2 Å². The average Bonchev–Trinajstić information content (AvgIpc) is 3.21. The number of hydrogen-bond donors (Lipinski definition) is 1. The van der Waals surface area contributed by atoms with Crippen LogP contribution < -0.4 is 5.32 Å². The lowest BCUT2D eigenvalue weighted by Gasteiger charge is -2.27. The van der Waals surface area contributed by atoms with Crippen LogP contribution in [0.5, 0.6) is 0 Å². The van der Waals surface area contributed by atoms with E-state index in [-0.39, 0.29) is 6.04 Å². The molecule has 2 fully saturated rings. The molecule has 0 spiro atoms. The molecule has 2 aliphatic carbocycles. The van der Waals surface area contributed by atoms with Gasteiger partial charge in [-0.1, -0.05) is 6.42 Å². The normalized spacial score (nSPS) is 29.9. The highest BCUT2D eigenvalue weighted by molar-refractivity contribution is 5.17. The van der Waals surface area contributed by atoms with Gasteiger partial charge in [0, 0.05) is 25.5 Å². The highest BCUT2D eigenvalue weighted by atomic mass is 16.3. The van der Waals surface area contributed by atoms with E-state index < -0.39 is 0 Å². The third kappa shape index (κ3) is 1.99. The van der Waals surface area contributed by atoms with Crippen LogP contribution in [0.25, 0.3) is 0 Å². The van der Waals surface area contributed by atoms with Gasteiger partial charge >= 0.3 is 0 Å². The molecule has 1 N–H and O–H groups in total. The molecule has 0 aromatic carbocycles. The van der Waals surface area contributed by atoms with Gasteiger partial charge in [-0.25, -0.2) is 4.98 Å². The van der Waals surface area contributed by atoms with Gasteiger partial charge in [0.1, 0.15) is 17.6 Å². The Hall–Kier alpha value is -1.55. The zero-order valence-electron chi connectivity index (χ0n) is 11.8. The Bertz CT molecular complexity index is 574. The fraction of sp³-hybridized carbons (Fsp3) is 0.562. The van der Waals surface area contributed by atoms with Gasteiger partial charge in [-0.2, -0.15) is 0 Å². The summed E-state index contributed by atoms with van der Waals surface area (Å²) in [5, 5.41) is 3.82. The molecule has 2 aromatic rings. The number of nitrogens with one attached hydrogen (secondary N) is 1. The first-order valence-electron chi connectivity index (χ1n) is 7.58. The van der Waals surface area contributed by atoms with E-state index in [0.29, 0.717) is 6.04 Å². The van der Waals surface area contributed by atoms with Crippen LogP contribution in [0.4, 0.5) is 0 Å². The summed E-state index contributed by atoms with van der Waals surface area (Å²) in [4.78, 5) is 4.52.